The van der Waals surface area contributed by atoms with E-state index in [-0.39, 0.29) is 12.5 Å². The number of phosphoric acid groups is 1. The second kappa shape index (κ2) is 26.4. The van der Waals surface area contributed by atoms with Gasteiger partial charge in [-0.15, -0.1) is 11.6 Å². The van der Waals surface area contributed by atoms with E-state index < -0.39 is 13.9 Å². The molecule has 0 aromatic carbocycles. The molecule has 0 saturated carbocycles. The molecule has 206 valence electrons. The Kier molecular flexibility index (Phi) is 26.7. The Morgan fingerprint density at radius 3 is 1.24 bits per heavy atom. The standard InChI is InChI=1S/C27H56ClO5P/c1-3-5-7-9-11-13-15-17-19-21-23-31-34(30,33-26-27(29)25-28)32-24-22-20-18-16-14-12-10-8-6-4-2/h27,29H,3-26H2,1-2H3. The minimum Gasteiger partial charge on any atom is -0.389 e. The topological polar surface area (TPSA) is 65.0 Å². The van der Waals surface area contributed by atoms with Gasteiger partial charge in [-0.2, -0.15) is 0 Å². The Balaban J connectivity index is 3.92. The first-order valence-electron chi connectivity index (χ1n) is 14.4. The Morgan fingerprint density at radius 1 is 0.588 bits per heavy atom. The van der Waals surface area contributed by atoms with Crippen LogP contribution in [0, 0.1) is 0 Å². The summed E-state index contributed by atoms with van der Waals surface area (Å²) in [6, 6.07) is 0. The van der Waals surface area contributed by atoms with Gasteiger partial charge in [0.2, 0.25) is 0 Å². The summed E-state index contributed by atoms with van der Waals surface area (Å²) in [7, 11) is -3.66. The third-order valence-electron chi connectivity index (χ3n) is 6.10. The lowest BCUT2D eigenvalue weighted by atomic mass is 10.1. The Bertz CT molecular complexity index is 423. The van der Waals surface area contributed by atoms with E-state index in [4.69, 9.17) is 25.2 Å². The molecule has 7 heteroatoms. The molecule has 1 atom stereocenters. The average molecular weight is 527 g/mol. The maximum atomic E-state index is 12.9. The predicted octanol–water partition coefficient (Wildman–Crippen LogP) is 9.59. The average Bonchev–Trinajstić information content (AvgIpc) is 2.84. The lowest BCUT2D eigenvalue weighted by molar-refractivity contribution is 0.0667. The second-order valence-corrected chi connectivity index (χ2v) is 11.6. The van der Waals surface area contributed by atoms with Gasteiger partial charge in [0.25, 0.3) is 0 Å². The third kappa shape index (κ3) is 24.1. The lowest BCUT2D eigenvalue weighted by Gasteiger charge is -2.19. The van der Waals surface area contributed by atoms with Crippen LogP contribution in [0.2, 0.25) is 0 Å². The Hall–Kier alpha value is 0.360. The van der Waals surface area contributed by atoms with Crippen LogP contribution in [0.1, 0.15) is 142 Å². The number of hydrogen-bond donors (Lipinski definition) is 1. The smallest absolute Gasteiger partial charge is 0.389 e. The summed E-state index contributed by atoms with van der Waals surface area (Å²) in [4.78, 5) is 0. The van der Waals surface area contributed by atoms with Gasteiger partial charge >= 0.3 is 7.82 Å². The van der Waals surface area contributed by atoms with E-state index in [2.05, 4.69) is 13.8 Å². The molecule has 0 fully saturated rings. The van der Waals surface area contributed by atoms with Crippen molar-refractivity contribution in [2.24, 2.45) is 0 Å². The van der Waals surface area contributed by atoms with Gasteiger partial charge in [-0.25, -0.2) is 4.57 Å². The van der Waals surface area contributed by atoms with Gasteiger partial charge in [0.05, 0.1) is 31.8 Å². The van der Waals surface area contributed by atoms with Crippen molar-refractivity contribution < 1.29 is 23.2 Å². The molecular formula is C27H56ClO5P. The van der Waals surface area contributed by atoms with Gasteiger partial charge < -0.3 is 5.11 Å². The molecule has 0 radical (unpaired) electrons. The Labute approximate surface area is 216 Å². The summed E-state index contributed by atoms with van der Waals surface area (Å²) < 4.78 is 29.4. The van der Waals surface area contributed by atoms with Crippen LogP contribution >= 0.6 is 19.4 Å². The number of rotatable bonds is 28. The van der Waals surface area contributed by atoms with Crippen LogP contribution in [0.25, 0.3) is 0 Å². The number of phosphoric ester groups is 1. The predicted molar refractivity (Wildman–Crippen MR) is 146 cm³/mol. The minimum atomic E-state index is -3.66. The zero-order chi connectivity index (χ0) is 25.2. The number of alkyl halides is 1. The van der Waals surface area contributed by atoms with Crippen molar-refractivity contribution in [1.82, 2.24) is 0 Å². The highest BCUT2D eigenvalue weighted by Crippen LogP contribution is 2.49. The van der Waals surface area contributed by atoms with Crippen LogP contribution in [0.4, 0.5) is 0 Å². The van der Waals surface area contributed by atoms with E-state index >= 15 is 0 Å². The fraction of sp³-hybridized carbons (Fsp3) is 1.00. The SMILES string of the molecule is CCCCCCCCCCCCOP(=O)(OCCCCCCCCCCCC)OCC(O)CCl. The van der Waals surface area contributed by atoms with Crippen LogP contribution in [-0.4, -0.2) is 36.9 Å². The molecule has 1 unspecified atom stereocenters. The zero-order valence-electron chi connectivity index (χ0n) is 22.5. The number of unbranched alkanes of at least 4 members (excludes halogenated alkanes) is 18. The summed E-state index contributed by atoms with van der Waals surface area (Å²) in [6.07, 6.45) is 23.7. The minimum absolute atomic E-state index is 0.0247. The molecule has 0 saturated heterocycles. The first-order valence-corrected chi connectivity index (χ1v) is 16.3. The largest absolute Gasteiger partial charge is 0.474 e. The molecule has 0 heterocycles. The molecular weight excluding hydrogens is 471 g/mol. The first kappa shape index (κ1) is 34.4. The van der Waals surface area contributed by atoms with Gasteiger partial charge in [0.15, 0.2) is 0 Å². The molecule has 0 spiro atoms. The molecule has 0 aliphatic carbocycles. The van der Waals surface area contributed by atoms with E-state index in [0.717, 1.165) is 25.7 Å². The highest BCUT2D eigenvalue weighted by molar-refractivity contribution is 7.48. The molecule has 0 aromatic heterocycles. The first-order chi connectivity index (χ1) is 16.6. The quantitative estimate of drug-likeness (QED) is 0.0624. The van der Waals surface area contributed by atoms with Gasteiger partial charge in [-0.05, 0) is 12.8 Å². The van der Waals surface area contributed by atoms with Gasteiger partial charge in [-0.3, -0.25) is 13.6 Å². The number of aliphatic hydroxyl groups is 1. The number of aliphatic hydroxyl groups excluding tert-OH is 1. The fourth-order valence-corrected chi connectivity index (χ4v) is 5.24. The summed E-state index contributed by atoms with van der Waals surface area (Å²) in [5, 5.41) is 9.65. The van der Waals surface area contributed by atoms with Gasteiger partial charge in [-0.1, -0.05) is 129 Å². The van der Waals surface area contributed by atoms with Gasteiger partial charge in [0.1, 0.15) is 0 Å². The van der Waals surface area contributed by atoms with Crippen molar-refractivity contribution >= 4 is 19.4 Å². The summed E-state index contributed by atoms with van der Waals surface area (Å²) >= 11 is 5.62. The van der Waals surface area contributed by atoms with Crippen molar-refractivity contribution in [3.63, 3.8) is 0 Å². The molecule has 34 heavy (non-hydrogen) atoms. The van der Waals surface area contributed by atoms with Crippen molar-refractivity contribution in [2.45, 2.75) is 148 Å². The van der Waals surface area contributed by atoms with E-state index in [1.807, 2.05) is 0 Å². The molecule has 0 bridgehead atoms. The summed E-state index contributed by atoms with van der Waals surface area (Å²) in [6.45, 7) is 5.05. The van der Waals surface area contributed by atoms with Crippen LogP contribution in [0.15, 0.2) is 0 Å². The maximum absolute atomic E-state index is 12.9. The van der Waals surface area contributed by atoms with E-state index in [0.29, 0.717) is 13.2 Å². The molecule has 5 nitrogen and oxygen atoms in total. The zero-order valence-corrected chi connectivity index (χ0v) is 24.1. The van der Waals surface area contributed by atoms with E-state index in [1.54, 1.807) is 0 Å². The van der Waals surface area contributed by atoms with Crippen LogP contribution < -0.4 is 0 Å². The van der Waals surface area contributed by atoms with E-state index in [9.17, 15) is 9.67 Å². The number of hydrogen-bond acceptors (Lipinski definition) is 5. The third-order valence-corrected chi connectivity index (χ3v) is 7.92. The van der Waals surface area contributed by atoms with Crippen molar-refractivity contribution in [1.29, 1.82) is 0 Å². The van der Waals surface area contributed by atoms with Crippen molar-refractivity contribution in [3.05, 3.63) is 0 Å². The lowest BCUT2D eigenvalue weighted by Crippen LogP contribution is -2.17. The second-order valence-electron chi connectivity index (χ2n) is 9.58. The Morgan fingerprint density at radius 2 is 0.912 bits per heavy atom. The highest BCUT2D eigenvalue weighted by atomic mass is 35.5. The maximum Gasteiger partial charge on any atom is 0.474 e. The summed E-state index contributed by atoms with van der Waals surface area (Å²) in [5.41, 5.74) is 0. The van der Waals surface area contributed by atoms with Gasteiger partial charge in [0, 0.05) is 0 Å². The van der Waals surface area contributed by atoms with Crippen LogP contribution in [0.3, 0.4) is 0 Å². The normalized spacial score (nSPS) is 12.9. The highest BCUT2D eigenvalue weighted by Gasteiger charge is 2.27. The molecule has 0 amide bonds. The van der Waals surface area contributed by atoms with Crippen LogP contribution in [-0.2, 0) is 18.1 Å². The summed E-state index contributed by atoms with van der Waals surface area (Å²) in [5.74, 6) is 0.0247. The molecule has 0 aromatic rings. The van der Waals surface area contributed by atoms with Crippen LogP contribution in [0.5, 0.6) is 0 Å². The monoisotopic (exact) mass is 526 g/mol. The van der Waals surface area contributed by atoms with E-state index in [1.165, 1.54) is 103 Å². The molecule has 1 N–H and O–H groups in total. The fourth-order valence-electron chi connectivity index (χ4n) is 3.87. The number of halogens is 1. The van der Waals surface area contributed by atoms with Crippen molar-refractivity contribution in [3.8, 4) is 0 Å². The molecule has 0 rings (SSSR count). The van der Waals surface area contributed by atoms with Crippen molar-refractivity contribution in [2.75, 3.05) is 25.7 Å². The molecule has 0 aliphatic heterocycles. The molecule has 0 aliphatic rings.